The zero-order valence-corrected chi connectivity index (χ0v) is 20.8. The number of halogens is 2. The van der Waals surface area contributed by atoms with Crippen molar-refractivity contribution in [2.24, 2.45) is 0 Å². The Morgan fingerprint density at radius 3 is 1.30 bits per heavy atom. The van der Waals surface area contributed by atoms with Gasteiger partial charge in [-0.25, -0.2) is 9.59 Å². The molecule has 2 heterocycles. The molecule has 6 nitrogen and oxygen atoms in total. The van der Waals surface area contributed by atoms with Crippen molar-refractivity contribution in [3.63, 3.8) is 0 Å². The molecule has 4 aromatic rings. The van der Waals surface area contributed by atoms with Crippen LogP contribution in [0.3, 0.4) is 0 Å². The fourth-order valence-electron chi connectivity index (χ4n) is 3.21. The first-order valence-corrected chi connectivity index (χ1v) is 11.5. The first-order chi connectivity index (χ1) is 15.7. The molecule has 2 aromatic heterocycles. The molecular weight excluding hydrogens is 556 g/mol. The van der Waals surface area contributed by atoms with Crippen molar-refractivity contribution in [2.45, 2.75) is 19.3 Å². The van der Waals surface area contributed by atoms with Gasteiger partial charge in [0.25, 0.3) is 0 Å². The molecule has 0 aliphatic carbocycles. The zero-order valence-electron chi connectivity index (χ0n) is 17.6. The Labute approximate surface area is 206 Å². The zero-order chi connectivity index (χ0) is 23.6. The molecular formula is C25H18Br2O6. The predicted molar refractivity (Wildman–Crippen MR) is 128 cm³/mol. The summed E-state index contributed by atoms with van der Waals surface area (Å²) in [6.07, 6.45) is 0. The van der Waals surface area contributed by atoms with E-state index in [1.54, 1.807) is 48.5 Å². The van der Waals surface area contributed by atoms with E-state index in [1.807, 2.05) is 24.3 Å². The van der Waals surface area contributed by atoms with Crippen LogP contribution in [0.15, 0.2) is 91.0 Å². The summed E-state index contributed by atoms with van der Waals surface area (Å²) in [6.45, 7) is 4.16. The Hall–Kier alpha value is -3.10. The molecule has 4 rings (SSSR count). The van der Waals surface area contributed by atoms with E-state index in [0.29, 0.717) is 20.8 Å². The van der Waals surface area contributed by atoms with E-state index in [9.17, 15) is 9.59 Å². The van der Waals surface area contributed by atoms with Crippen LogP contribution in [0.1, 0.15) is 46.1 Å². The van der Waals surface area contributed by atoms with Gasteiger partial charge < -0.3 is 18.3 Å². The normalized spacial score (nSPS) is 11.3. The second-order valence-corrected chi connectivity index (χ2v) is 9.22. The maximum atomic E-state index is 12.1. The third-order valence-electron chi connectivity index (χ3n) is 5.12. The van der Waals surface area contributed by atoms with E-state index in [0.717, 1.165) is 11.1 Å². The van der Waals surface area contributed by atoms with Crippen LogP contribution < -0.4 is 9.47 Å². The van der Waals surface area contributed by atoms with E-state index in [1.165, 1.54) is 0 Å². The van der Waals surface area contributed by atoms with Crippen molar-refractivity contribution >= 4 is 43.8 Å². The van der Waals surface area contributed by atoms with Gasteiger partial charge in [0.1, 0.15) is 11.5 Å². The van der Waals surface area contributed by atoms with Gasteiger partial charge in [-0.3, -0.25) is 0 Å². The van der Waals surface area contributed by atoms with E-state index in [2.05, 4.69) is 45.7 Å². The summed E-state index contributed by atoms with van der Waals surface area (Å²) in [5.41, 5.74) is 1.70. The number of carbonyl (C=O) groups is 2. The third-order valence-corrected chi connectivity index (χ3v) is 5.97. The average Bonchev–Trinajstić information content (AvgIpc) is 3.43. The Morgan fingerprint density at radius 1 is 0.636 bits per heavy atom. The highest BCUT2D eigenvalue weighted by Gasteiger charge is 2.24. The highest BCUT2D eigenvalue weighted by molar-refractivity contribution is 9.10. The average molecular weight is 574 g/mol. The summed E-state index contributed by atoms with van der Waals surface area (Å²) in [5.74, 6) is -0.0733. The van der Waals surface area contributed by atoms with Crippen LogP contribution >= 0.6 is 31.9 Å². The van der Waals surface area contributed by atoms with Crippen molar-refractivity contribution in [1.29, 1.82) is 0 Å². The molecule has 0 N–H and O–H groups in total. The number of ether oxygens (including phenoxy) is 2. The summed E-state index contributed by atoms with van der Waals surface area (Å²) in [4.78, 5) is 24.3. The van der Waals surface area contributed by atoms with Gasteiger partial charge >= 0.3 is 11.9 Å². The molecule has 0 aliphatic rings. The van der Waals surface area contributed by atoms with Crippen LogP contribution in [0.5, 0.6) is 11.5 Å². The van der Waals surface area contributed by atoms with E-state index in [-0.39, 0.29) is 16.9 Å². The second-order valence-electron chi connectivity index (χ2n) is 7.66. The fourth-order valence-corrected chi connectivity index (χ4v) is 3.82. The lowest BCUT2D eigenvalue weighted by atomic mass is 9.78. The van der Waals surface area contributed by atoms with Crippen LogP contribution in [-0.2, 0) is 5.41 Å². The maximum absolute atomic E-state index is 12.1. The lowest BCUT2D eigenvalue weighted by molar-refractivity contribution is 0.0691. The van der Waals surface area contributed by atoms with Crippen LogP contribution in [0.4, 0.5) is 0 Å². The molecule has 168 valence electrons. The summed E-state index contributed by atoms with van der Waals surface area (Å²) in [6, 6.07) is 20.9. The van der Waals surface area contributed by atoms with Crippen LogP contribution in [0.25, 0.3) is 0 Å². The van der Waals surface area contributed by atoms with Gasteiger partial charge in [0.15, 0.2) is 9.34 Å². The van der Waals surface area contributed by atoms with Crippen LogP contribution in [0.2, 0.25) is 0 Å². The minimum Gasteiger partial charge on any atom is -0.442 e. The number of hydrogen-bond donors (Lipinski definition) is 0. The number of hydrogen-bond acceptors (Lipinski definition) is 6. The molecule has 0 aliphatic heterocycles. The number of esters is 2. The van der Waals surface area contributed by atoms with Crippen molar-refractivity contribution in [1.82, 2.24) is 0 Å². The van der Waals surface area contributed by atoms with Crippen LogP contribution in [-0.4, -0.2) is 11.9 Å². The number of furan rings is 2. The number of carbonyl (C=O) groups excluding carboxylic acids is 2. The minimum absolute atomic E-state index is 0.117. The summed E-state index contributed by atoms with van der Waals surface area (Å²) >= 11 is 6.32. The second kappa shape index (κ2) is 9.41. The smallest absolute Gasteiger partial charge is 0.379 e. The van der Waals surface area contributed by atoms with E-state index >= 15 is 0 Å². The Kier molecular flexibility index (Phi) is 6.58. The number of benzene rings is 2. The van der Waals surface area contributed by atoms with Crippen molar-refractivity contribution < 1.29 is 27.9 Å². The highest BCUT2D eigenvalue weighted by Crippen LogP contribution is 2.33. The van der Waals surface area contributed by atoms with Gasteiger partial charge in [-0.15, -0.1) is 0 Å². The largest absolute Gasteiger partial charge is 0.442 e. The monoisotopic (exact) mass is 572 g/mol. The van der Waals surface area contributed by atoms with Crippen molar-refractivity contribution in [3.8, 4) is 11.5 Å². The highest BCUT2D eigenvalue weighted by atomic mass is 79.9. The first-order valence-electron chi connectivity index (χ1n) is 9.88. The van der Waals surface area contributed by atoms with Crippen LogP contribution in [0, 0.1) is 0 Å². The maximum Gasteiger partial charge on any atom is 0.379 e. The third kappa shape index (κ3) is 5.29. The van der Waals surface area contributed by atoms with Gasteiger partial charge in [0.2, 0.25) is 11.5 Å². The molecule has 33 heavy (non-hydrogen) atoms. The molecule has 0 amide bonds. The lowest BCUT2D eigenvalue weighted by Crippen LogP contribution is -2.19. The molecule has 2 aromatic carbocycles. The molecule has 0 bridgehead atoms. The topological polar surface area (TPSA) is 78.9 Å². The molecule has 0 spiro atoms. The lowest BCUT2D eigenvalue weighted by Gasteiger charge is -2.26. The standard InChI is InChI=1S/C25H18Br2O6/c1-25(2,15-3-7-17(8-4-15)30-23(28)19-11-13-21(26)32-19)16-5-9-18(10-6-16)31-24(29)20-12-14-22(27)33-20/h3-14H,1-2H3. The first kappa shape index (κ1) is 23.1. The fraction of sp³-hybridized carbons (Fsp3) is 0.120. The summed E-state index contributed by atoms with van der Waals surface area (Å²) in [5, 5.41) is 0. The van der Waals surface area contributed by atoms with Crippen molar-refractivity contribution in [2.75, 3.05) is 0 Å². The molecule has 0 radical (unpaired) electrons. The Balaban J connectivity index is 1.43. The van der Waals surface area contributed by atoms with Gasteiger partial charge in [0.05, 0.1) is 0 Å². The predicted octanol–water partition coefficient (Wildman–Crippen LogP) is 7.16. The summed E-state index contributed by atoms with van der Waals surface area (Å²) < 4.78 is 22.1. The quantitative estimate of drug-likeness (QED) is 0.180. The molecule has 0 saturated carbocycles. The van der Waals surface area contributed by atoms with Gasteiger partial charge in [-0.1, -0.05) is 38.1 Å². The van der Waals surface area contributed by atoms with Gasteiger partial charge in [-0.2, -0.15) is 0 Å². The Morgan fingerprint density at radius 2 is 1.00 bits per heavy atom. The minimum atomic E-state index is -0.570. The van der Waals surface area contributed by atoms with Crippen molar-refractivity contribution in [3.05, 3.63) is 105 Å². The molecule has 0 saturated heterocycles. The van der Waals surface area contributed by atoms with Gasteiger partial charge in [-0.05, 0) is 91.5 Å². The van der Waals surface area contributed by atoms with Gasteiger partial charge in [0, 0.05) is 5.41 Å². The van der Waals surface area contributed by atoms with E-state index in [4.69, 9.17) is 18.3 Å². The van der Waals surface area contributed by atoms with E-state index < -0.39 is 11.9 Å². The molecule has 0 fully saturated rings. The number of rotatable bonds is 6. The Bertz CT molecular complexity index is 1180. The summed E-state index contributed by atoms with van der Waals surface area (Å²) in [7, 11) is 0. The SMILES string of the molecule is CC(C)(c1ccc(OC(=O)c2ccc(Br)o2)cc1)c1ccc(OC(=O)c2ccc(Br)o2)cc1. The molecule has 0 atom stereocenters. The molecule has 0 unspecified atom stereocenters. The molecule has 8 heteroatoms.